The predicted molar refractivity (Wildman–Crippen MR) is 112 cm³/mol. The minimum absolute atomic E-state index is 0.147. The van der Waals surface area contributed by atoms with Gasteiger partial charge in [-0.15, -0.1) is 15.3 Å². The number of fused-ring (bicyclic) bond motifs is 1. The highest BCUT2D eigenvalue weighted by atomic mass is 16.3. The number of hydrogen-bond donors (Lipinski definition) is 1. The summed E-state index contributed by atoms with van der Waals surface area (Å²) in [5, 5.41) is 31.6. The maximum absolute atomic E-state index is 10.5. The van der Waals surface area contributed by atoms with E-state index in [0.29, 0.717) is 5.65 Å². The lowest BCUT2D eigenvalue weighted by atomic mass is 9.93. The molecule has 1 saturated carbocycles. The molecule has 0 spiro atoms. The number of pyridine rings is 1. The average Bonchev–Trinajstić information content (AvgIpc) is 3.19. The van der Waals surface area contributed by atoms with Crippen molar-refractivity contribution in [3.63, 3.8) is 0 Å². The summed E-state index contributed by atoms with van der Waals surface area (Å²) >= 11 is 0. The van der Waals surface area contributed by atoms with Crippen molar-refractivity contribution in [3.05, 3.63) is 59.5 Å². The smallest absolute Gasteiger partial charge is 0.182 e. The Bertz CT molecular complexity index is 1200. The van der Waals surface area contributed by atoms with Gasteiger partial charge in [-0.3, -0.25) is 4.40 Å². The first-order valence-electron chi connectivity index (χ1n) is 10.4. The molecule has 0 atom stereocenters. The van der Waals surface area contributed by atoms with Crippen molar-refractivity contribution in [1.29, 1.82) is 0 Å². The largest absolute Gasteiger partial charge is 0.386 e. The van der Waals surface area contributed by atoms with Crippen molar-refractivity contribution < 1.29 is 5.11 Å². The Labute approximate surface area is 174 Å². The van der Waals surface area contributed by atoms with E-state index < -0.39 is 5.60 Å². The van der Waals surface area contributed by atoms with Crippen molar-refractivity contribution in [3.8, 4) is 11.4 Å². The number of tetrazole rings is 1. The number of aryl methyl sites for hydroxylation is 1. The highest BCUT2D eigenvalue weighted by Gasteiger charge is 2.50. The van der Waals surface area contributed by atoms with Gasteiger partial charge in [0.25, 0.3) is 0 Å². The highest BCUT2D eigenvalue weighted by Crippen LogP contribution is 2.53. The fraction of sp³-hybridized carbons (Fsp3) is 0.409. The van der Waals surface area contributed by atoms with Crippen LogP contribution < -0.4 is 0 Å². The zero-order valence-corrected chi connectivity index (χ0v) is 17.4. The van der Waals surface area contributed by atoms with Crippen molar-refractivity contribution >= 4 is 5.65 Å². The molecule has 154 valence electrons. The quantitative estimate of drug-likeness (QED) is 0.532. The number of aliphatic hydroxyl groups is 1. The van der Waals surface area contributed by atoms with Crippen LogP contribution in [0.1, 0.15) is 57.0 Å². The molecule has 5 rings (SSSR count). The fourth-order valence-corrected chi connectivity index (χ4v) is 4.20. The van der Waals surface area contributed by atoms with E-state index in [1.165, 1.54) is 5.56 Å². The SMILES string of the molecule is CCCn1nnnc1-c1ccc(C2(c3nnc4c(C(C)(C)O)cccn34)CC2)cc1. The van der Waals surface area contributed by atoms with Gasteiger partial charge in [0.2, 0.25) is 0 Å². The summed E-state index contributed by atoms with van der Waals surface area (Å²) in [5.74, 6) is 1.71. The molecular formula is C22H25N7O. The molecular weight excluding hydrogens is 378 g/mol. The number of aromatic nitrogens is 7. The van der Waals surface area contributed by atoms with Crippen LogP contribution in [0, 0.1) is 0 Å². The molecule has 1 fully saturated rings. The van der Waals surface area contributed by atoms with Gasteiger partial charge in [-0.25, -0.2) is 4.68 Å². The summed E-state index contributed by atoms with van der Waals surface area (Å²) in [7, 11) is 0. The minimum Gasteiger partial charge on any atom is -0.386 e. The minimum atomic E-state index is -0.979. The first kappa shape index (κ1) is 18.9. The molecule has 3 heterocycles. The summed E-state index contributed by atoms with van der Waals surface area (Å²) < 4.78 is 3.86. The molecule has 30 heavy (non-hydrogen) atoms. The summed E-state index contributed by atoms with van der Waals surface area (Å²) in [6.45, 7) is 6.45. The molecule has 0 saturated heterocycles. The Hall–Kier alpha value is -3.13. The Kier molecular flexibility index (Phi) is 4.21. The van der Waals surface area contributed by atoms with Crippen LogP contribution >= 0.6 is 0 Å². The Morgan fingerprint density at radius 3 is 2.50 bits per heavy atom. The molecule has 0 amide bonds. The summed E-state index contributed by atoms with van der Waals surface area (Å²) in [6.07, 6.45) is 5.00. The highest BCUT2D eigenvalue weighted by molar-refractivity contribution is 5.58. The van der Waals surface area contributed by atoms with Crippen LogP contribution in [0.25, 0.3) is 17.0 Å². The monoisotopic (exact) mass is 403 g/mol. The normalized spacial score (nSPS) is 15.6. The third kappa shape index (κ3) is 2.90. The summed E-state index contributed by atoms with van der Waals surface area (Å²) in [6, 6.07) is 12.3. The maximum Gasteiger partial charge on any atom is 0.182 e. The van der Waals surface area contributed by atoms with Gasteiger partial charge in [-0.1, -0.05) is 37.3 Å². The molecule has 1 N–H and O–H groups in total. The van der Waals surface area contributed by atoms with E-state index in [4.69, 9.17) is 0 Å². The lowest BCUT2D eigenvalue weighted by molar-refractivity contribution is 0.0796. The van der Waals surface area contributed by atoms with E-state index in [9.17, 15) is 5.11 Å². The molecule has 0 radical (unpaired) electrons. The third-order valence-electron chi connectivity index (χ3n) is 5.93. The number of hydrogen-bond acceptors (Lipinski definition) is 6. The molecule has 8 heteroatoms. The number of nitrogens with zero attached hydrogens (tertiary/aromatic N) is 7. The van der Waals surface area contributed by atoms with E-state index in [1.54, 1.807) is 13.8 Å². The van der Waals surface area contributed by atoms with Gasteiger partial charge in [0.05, 0.1) is 11.0 Å². The fourth-order valence-electron chi connectivity index (χ4n) is 4.20. The van der Waals surface area contributed by atoms with E-state index in [1.807, 2.05) is 27.4 Å². The van der Waals surface area contributed by atoms with Crippen LogP contribution in [0.3, 0.4) is 0 Å². The van der Waals surface area contributed by atoms with Gasteiger partial charge in [0.1, 0.15) is 5.82 Å². The zero-order valence-electron chi connectivity index (χ0n) is 17.4. The topological polar surface area (TPSA) is 94.0 Å². The van der Waals surface area contributed by atoms with Gasteiger partial charge in [0, 0.05) is 23.9 Å². The van der Waals surface area contributed by atoms with Gasteiger partial charge >= 0.3 is 0 Å². The summed E-state index contributed by atoms with van der Waals surface area (Å²) in [5.41, 5.74) is 2.57. The van der Waals surface area contributed by atoms with E-state index in [2.05, 4.69) is 56.9 Å². The lowest BCUT2D eigenvalue weighted by Gasteiger charge is -2.19. The second-order valence-corrected chi connectivity index (χ2v) is 8.58. The average molecular weight is 403 g/mol. The lowest BCUT2D eigenvalue weighted by Crippen LogP contribution is -2.18. The molecule has 1 aliphatic rings. The molecule has 0 bridgehead atoms. The number of benzene rings is 1. The van der Waals surface area contributed by atoms with Gasteiger partial charge < -0.3 is 5.11 Å². The van der Waals surface area contributed by atoms with Gasteiger partial charge in [0.15, 0.2) is 11.5 Å². The Morgan fingerprint density at radius 2 is 1.83 bits per heavy atom. The Balaban J connectivity index is 1.53. The first-order chi connectivity index (χ1) is 14.4. The van der Waals surface area contributed by atoms with Crippen LogP contribution in [-0.4, -0.2) is 39.9 Å². The molecule has 0 unspecified atom stereocenters. The molecule has 8 nitrogen and oxygen atoms in total. The third-order valence-corrected chi connectivity index (χ3v) is 5.93. The van der Waals surface area contributed by atoms with Crippen molar-refractivity contribution in [1.82, 2.24) is 34.8 Å². The molecule has 1 aromatic carbocycles. The Morgan fingerprint density at radius 1 is 1.07 bits per heavy atom. The van der Waals surface area contributed by atoms with Crippen LogP contribution in [-0.2, 0) is 17.6 Å². The van der Waals surface area contributed by atoms with Crippen LogP contribution in [0.15, 0.2) is 42.6 Å². The van der Waals surface area contributed by atoms with Crippen LogP contribution in [0.4, 0.5) is 0 Å². The second-order valence-electron chi connectivity index (χ2n) is 8.58. The van der Waals surface area contributed by atoms with Gasteiger partial charge in [-0.05, 0) is 55.2 Å². The van der Waals surface area contributed by atoms with E-state index >= 15 is 0 Å². The van der Waals surface area contributed by atoms with Crippen LogP contribution in [0.5, 0.6) is 0 Å². The zero-order chi connectivity index (χ0) is 20.9. The standard InChI is InChI=1S/C22H25N7O/c1-4-13-29-18(24-26-27-29)15-7-9-16(10-8-15)22(11-12-22)20-25-23-19-17(21(2,3)30)6-5-14-28(19)20/h5-10,14,30H,4,11-13H2,1-3H3. The number of rotatable bonds is 6. The molecule has 0 aliphatic heterocycles. The first-order valence-corrected chi connectivity index (χ1v) is 10.4. The summed E-state index contributed by atoms with van der Waals surface area (Å²) in [4.78, 5) is 0. The molecule has 4 aromatic rings. The maximum atomic E-state index is 10.5. The van der Waals surface area contributed by atoms with E-state index in [-0.39, 0.29) is 5.41 Å². The second kappa shape index (κ2) is 6.70. The molecule has 1 aliphatic carbocycles. The predicted octanol–water partition coefficient (Wildman–Crippen LogP) is 3.10. The molecule has 3 aromatic heterocycles. The van der Waals surface area contributed by atoms with E-state index in [0.717, 1.165) is 48.6 Å². The van der Waals surface area contributed by atoms with Crippen molar-refractivity contribution in [2.45, 2.75) is 57.6 Å². The van der Waals surface area contributed by atoms with Gasteiger partial charge in [-0.2, -0.15) is 0 Å². The van der Waals surface area contributed by atoms with Crippen LogP contribution in [0.2, 0.25) is 0 Å². The van der Waals surface area contributed by atoms with Crippen molar-refractivity contribution in [2.75, 3.05) is 0 Å². The van der Waals surface area contributed by atoms with Crippen molar-refractivity contribution in [2.24, 2.45) is 0 Å².